The van der Waals surface area contributed by atoms with Crippen molar-refractivity contribution in [1.29, 1.82) is 0 Å². The first-order valence-electron chi connectivity index (χ1n) is 5.63. The minimum atomic E-state index is -0.842. The molecular weight excluding hydrogens is 258 g/mol. The Morgan fingerprint density at radius 1 is 1.33 bits per heavy atom. The molecule has 0 aliphatic carbocycles. The van der Waals surface area contributed by atoms with Crippen molar-refractivity contribution in [3.63, 3.8) is 0 Å². The molecule has 0 bridgehead atoms. The summed E-state index contributed by atoms with van der Waals surface area (Å²) in [5.41, 5.74) is 0.465. The monoisotopic (exact) mass is 271 g/mol. The van der Waals surface area contributed by atoms with Gasteiger partial charge in [0.1, 0.15) is 5.69 Å². The number of H-pyrrole nitrogens is 1. The van der Waals surface area contributed by atoms with Crippen molar-refractivity contribution in [3.05, 3.63) is 23.0 Å². The van der Waals surface area contributed by atoms with Crippen molar-refractivity contribution >= 4 is 23.5 Å². The number of amides is 1. The van der Waals surface area contributed by atoms with Crippen molar-refractivity contribution in [1.82, 2.24) is 14.8 Å². The minimum absolute atomic E-state index is 0.0242. The van der Waals surface area contributed by atoms with Gasteiger partial charge in [0, 0.05) is 32.4 Å². The maximum absolute atomic E-state index is 12.0. The van der Waals surface area contributed by atoms with Crippen LogP contribution in [0.15, 0.2) is 12.3 Å². The predicted molar refractivity (Wildman–Crippen MR) is 65.8 cm³/mol. The Bertz CT molecular complexity index is 452. The number of rotatable bonds is 3. The van der Waals surface area contributed by atoms with Gasteiger partial charge in [0.2, 0.25) is 0 Å². The fraction of sp³-hybridized carbons (Fsp3) is 0.455. The Kier molecular flexibility index (Phi) is 3.88. The topological polar surface area (TPSA) is 76.6 Å². The number of aromatic amines is 1. The van der Waals surface area contributed by atoms with Crippen LogP contribution in [-0.2, 0) is 4.79 Å². The molecule has 1 aromatic heterocycles. The molecule has 18 heavy (non-hydrogen) atoms. The van der Waals surface area contributed by atoms with Gasteiger partial charge in [0.15, 0.2) is 0 Å². The van der Waals surface area contributed by atoms with Crippen molar-refractivity contribution in [3.8, 4) is 0 Å². The Morgan fingerprint density at radius 3 is 2.50 bits per heavy atom. The highest BCUT2D eigenvalue weighted by atomic mass is 35.5. The van der Waals surface area contributed by atoms with Gasteiger partial charge in [-0.1, -0.05) is 11.6 Å². The summed E-state index contributed by atoms with van der Waals surface area (Å²) >= 11 is 5.75. The van der Waals surface area contributed by atoms with Gasteiger partial charge in [-0.05, 0) is 6.07 Å². The second kappa shape index (κ2) is 5.41. The highest BCUT2D eigenvalue weighted by Gasteiger charge is 2.23. The van der Waals surface area contributed by atoms with Gasteiger partial charge in [-0.15, -0.1) is 0 Å². The number of piperazine rings is 1. The van der Waals surface area contributed by atoms with E-state index in [1.165, 1.54) is 0 Å². The molecule has 1 fully saturated rings. The van der Waals surface area contributed by atoms with Crippen LogP contribution in [0.5, 0.6) is 0 Å². The van der Waals surface area contributed by atoms with Gasteiger partial charge in [-0.25, -0.2) is 0 Å². The van der Waals surface area contributed by atoms with Crippen molar-refractivity contribution in [2.45, 2.75) is 0 Å². The molecule has 1 aromatic rings. The Labute approximate surface area is 109 Å². The fourth-order valence-electron chi connectivity index (χ4n) is 1.96. The number of hydrogen-bond acceptors (Lipinski definition) is 3. The lowest BCUT2D eigenvalue weighted by atomic mass is 10.3. The zero-order valence-electron chi connectivity index (χ0n) is 9.73. The largest absolute Gasteiger partial charge is 0.480 e. The van der Waals surface area contributed by atoms with E-state index in [0.717, 1.165) is 0 Å². The smallest absolute Gasteiger partial charge is 0.317 e. The van der Waals surface area contributed by atoms with E-state index in [2.05, 4.69) is 4.98 Å². The normalized spacial score (nSPS) is 16.8. The molecule has 0 aromatic carbocycles. The summed E-state index contributed by atoms with van der Waals surface area (Å²) in [4.78, 5) is 28.9. The lowest BCUT2D eigenvalue weighted by molar-refractivity contribution is -0.138. The average Bonchev–Trinajstić information content (AvgIpc) is 2.75. The Hall–Kier alpha value is -1.53. The third-order valence-electron chi connectivity index (χ3n) is 2.90. The van der Waals surface area contributed by atoms with Crippen LogP contribution in [0.2, 0.25) is 5.02 Å². The van der Waals surface area contributed by atoms with Gasteiger partial charge in [0.25, 0.3) is 5.91 Å². The molecule has 1 saturated heterocycles. The van der Waals surface area contributed by atoms with E-state index in [4.69, 9.17) is 16.7 Å². The number of aromatic nitrogens is 1. The Balaban J connectivity index is 1.90. The zero-order chi connectivity index (χ0) is 13.1. The van der Waals surface area contributed by atoms with Crippen LogP contribution in [-0.4, -0.2) is 64.5 Å². The minimum Gasteiger partial charge on any atom is -0.480 e. The summed E-state index contributed by atoms with van der Waals surface area (Å²) in [6, 6.07) is 1.59. The van der Waals surface area contributed by atoms with E-state index < -0.39 is 5.97 Å². The van der Waals surface area contributed by atoms with Crippen LogP contribution in [0.4, 0.5) is 0 Å². The lowest BCUT2D eigenvalue weighted by Gasteiger charge is -2.33. The van der Waals surface area contributed by atoms with Gasteiger partial charge in [-0.3, -0.25) is 14.5 Å². The second-order valence-corrected chi connectivity index (χ2v) is 4.63. The van der Waals surface area contributed by atoms with E-state index >= 15 is 0 Å². The van der Waals surface area contributed by atoms with Gasteiger partial charge >= 0.3 is 5.97 Å². The van der Waals surface area contributed by atoms with E-state index in [-0.39, 0.29) is 12.5 Å². The third kappa shape index (κ3) is 3.02. The number of nitrogens with zero attached hydrogens (tertiary/aromatic N) is 2. The standard InChI is InChI=1S/C11H14ClN3O3/c12-8-5-9(13-6-8)11(18)15-3-1-14(2-4-15)7-10(16)17/h5-6,13H,1-4,7H2,(H,16,17). The quantitative estimate of drug-likeness (QED) is 0.840. The summed E-state index contributed by atoms with van der Waals surface area (Å²) in [6.07, 6.45) is 1.56. The summed E-state index contributed by atoms with van der Waals surface area (Å²) in [6.45, 7) is 2.24. The number of hydrogen-bond donors (Lipinski definition) is 2. The van der Waals surface area contributed by atoms with Gasteiger partial charge < -0.3 is 15.0 Å². The second-order valence-electron chi connectivity index (χ2n) is 4.19. The number of aliphatic carboxylic acids is 1. The molecule has 0 radical (unpaired) electrons. The van der Waals surface area contributed by atoms with Crippen molar-refractivity contribution < 1.29 is 14.7 Å². The SMILES string of the molecule is O=C(O)CN1CCN(C(=O)c2cc(Cl)c[nH]2)CC1. The van der Waals surface area contributed by atoms with Crippen molar-refractivity contribution in [2.24, 2.45) is 0 Å². The molecule has 1 aliphatic rings. The van der Waals surface area contributed by atoms with Crippen LogP contribution in [0, 0.1) is 0 Å². The summed E-state index contributed by atoms with van der Waals surface area (Å²) < 4.78 is 0. The number of carboxylic acid groups (broad SMARTS) is 1. The van der Waals surface area contributed by atoms with E-state index in [0.29, 0.717) is 36.9 Å². The molecule has 6 nitrogen and oxygen atoms in total. The number of carboxylic acids is 1. The lowest BCUT2D eigenvalue weighted by Crippen LogP contribution is -2.49. The number of carbonyl (C=O) groups is 2. The third-order valence-corrected chi connectivity index (χ3v) is 3.11. The van der Waals surface area contributed by atoms with Crippen LogP contribution in [0.1, 0.15) is 10.5 Å². The van der Waals surface area contributed by atoms with Crippen LogP contribution in [0.3, 0.4) is 0 Å². The molecule has 0 atom stereocenters. The molecule has 0 unspecified atom stereocenters. The first-order valence-corrected chi connectivity index (χ1v) is 6.01. The van der Waals surface area contributed by atoms with Crippen LogP contribution < -0.4 is 0 Å². The van der Waals surface area contributed by atoms with Gasteiger partial charge in [0.05, 0.1) is 11.6 Å². The maximum Gasteiger partial charge on any atom is 0.317 e. The molecule has 0 spiro atoms. The molecule has 2 rings (SSSR count). The van der Waals surface area contributed by atoms with E-state index in [1.54, 1.807) is 17.2 Å². The zero-order valence-corrected chi connectivity index (χ0v) is 10.5. The summed E-state index contributed by atoms with van der Waals surface area (Å²) in [5, 5.41) is 9.18. The molecule has 7 heteroatoms. The molecule has 1 aliphatic heterocycles. The molecule has 1 amide bonds. The van der Waals surface area contributed by atoms with Crippen LogP contribution >= 0.6 is 11.6 Å². The highest BCUT2D eigenvalue weighted by Crippen LogP contribution is 2.13. The molecule has 98 valence electrons. The molecule has 2 N–H and O–H groups in total. The van der Waals surface area contributed by atoms with E-state index in [1.807, 2.05) is 4.90 Å². The van der Waals surface area contributed by atoms with E-state index in [9.17, 15) is 9.59 Å². The predicted octanol–water partition coefficient (Wildman–Crippen LogP) is 0.511. The maximum atomic E-state index is 12.0. The first-order chi connectivity index (χ1) is 8.56. The van der Waals surface area contributed by atoms with Crippen molar-refractivity contribution in [2.75, 3.05) is 32.7 Å². The Morgan fingerprint density at radius 2 is 2.00 bits per heavy atom. The van der Waals surface area contributed by atoms with Crippen LogP contribution in [0.25, 0.3) is 0 Å². The number of halogens is 1. The molecule has 0 saturated carbocycles. The highest BCUT2D eigenvalue weighted by molar-refractivity contribution is 6.30. The summed E-state index contributed by atoms with van der Waals surface area (Å²) in [7, 11) is 0. The number of nitrogens with one attached hydrogen (secondary N) is 1. The first kappa shape index (κ1) is 12.9. The average molecular weight is 272 g/mol. The number of carbonyl (C=O) groups excluding carboxylic acids is 1. The summed E-state index contributed by atoms with van der Waals surface area (Å²) in [5.74, 6) is -0.942. The van der Waals surface area contributed by atoms with Gasteiger partial charge in [-0.2, -0.15) is 0 Å². The fourth-order valence-corrected chi connectivity index (χ4v) is 2.13. The molecule has 2 heterocycles. The molecular formula is C11H14ClN3O3.